The highest BCUT2D eigenvalue weighted by molar-refractivity contribution is 5.95. The minimum Gasteiger partial charge on any atom is -0.469 e. The van der Waals surface area contributed by atoms with Crippen molar-refractivity contribution in [2.45, 2.75) is 39.2 Å². The number of Topliss-reactive ketones (excluding diaryl/α,β-unsaturated/α-hetero) is 1. The molecule has 0 aromatic carbocycles. The van der Waals surface area contributed by atoms with Gasteiger partial charge in [-0.1, -0.05) is 0 Å². The molecule has 1 saturated carbocycles. The first-order chi connectivity index (χ1) is 7.74. The van der Waals surface area contributed by atoms with Gasteiger partial charge in [0.05, 0.1) is 18.9 Å². The third kappa shape index (κ3) is 3.54. The number of carbonyl (C=O) groups is 3. The molecule has 17 heavy (non-hydrogen) atoms. The van der Waals surface area contributed by atoms with Gasteiger partial charge < -0.3 is 9.47 Å². The highest BCUT2D eigenvalue weighted by Crippen LogP contribution is 2.32. The van der Waals surface area contributed by atoms with Crippen molar-refractivity contribution in [3.05, 3.63) is 0 Å². The van der Waals surface area contributed by atoms with Crippen LogP contribution in [0.15, 0.2) is 0 Å². The van der Waals surface area contributed by atoms with Gasteiger partial charge in [0.15, 0.2) is 0 Å². The van der Waals surface area contributed by atoms with Gasteiger partial charge in [-0.15, -0.1) is 0 Å². The Morgan fingerprint density at radius 2 is 1.59 bits per heavy atom. The lowest BCUT2D eigenvalue weighted by molar-refractivity contribution is -0.166. The Kier molecular flexibility index (Phi) is 3.91. The zero-order valence-corrected chi connectivity index (χ0v) is 10.6. The van der Waals surface area contributed by atoms with Gasteiger partial charge in [-0.3, -0.25) is 14.4 Å². The number of methoxy groups -OCH3 is 1. The summed E-state index contributed by atoms with van der Waals surface area (Å²) in [6.45, 7) is 5.23. The minimum absolute atomic E-state index is 0.0642. The van der Waals surface area contributed by atoms with Crippen LogP contribution in [0.5, 0.6) is 0 Å². The molecule has 0 N–H and O–H groups in total. The molecule has 5 heteroatoms. The molecule has 0 unspecified atom stereocenters. The van der Waals surface area contributed by atoms with Crippen molar-refractivity contribution in [1.82, 2.24) is 0 Å². The van der Waals surface area contributed by atoms with Crippen molar-refractivity contribution in [2.75, 3.05) is 7.11 Å². The molecule has 0 heterocycles. The van der Waals surface area contributed by atoms with Crippen molar-refractivity contribution in [3.8, 4) is 0 Å². The molecule has 0 spiro atoms. The van der Waals surface area contributed by atoms with E-state index in [0.29, 0.717) is 0 Å². The zero-order valence-electron chi connectivity index (χ0n) is 10.6. The maximum atomic E-state index is 11.9. The summed E-state index contributed by atoms with van der Waals surface area (Å²) in [5, 5.41) is 0. The monoisotopic (exact) mass is 242 g/mol. The quantitative estimate of drug-likeness (QED) is 0.678. The highest BCUT2D eigenvalue weighted by Gasteiger charge is 2.44. The van der Waals surface area contributed by atoms with E-state index in [-0.39, 0.29) is 18.6 Å². The summed E-state index contributed by atoms with van der Waals surface area (Å²) in [5.41, 5.74) is -0.622. The molecule has 1 rings (SSSR count). The van der Waals surface area contributed by atoms with E-state index in [9.17, 15) is 14.4 Å². The van der Waals surface area contributed by atoms with Gasteiger partial charge >= 0.3 is 11.9 Å². The second kappa shape index (κ2) is 4.85. The fourth-order valence-electron chi connectivity index (χ4n) is 1.88. The summed E-state index contributed by atoms with van der Waals surface area (Å²) < 4.78 is 9.79. The van der Waals surface area contributed by atoms with Crippen LogP contribution in [-0.4, -0.2) is 30.4 Å². The highest BCUT2D eigenvalue weighted by atomic mass is 16.6. The lowest BCUT2D eigenvalue weighted by atomic mass is 9.96. The van der Waals surface area contributed by atoms with E-state index in [2.05, 4.69) is 4.74 Å². The molecule has 0 aromatic heterocycles. The van der Waals surface area contributed by atoms with Gasteiger partial charge in [0.2, 0.25) is 0 Å². The number of esters is 2. The van der Waals surface area contributed by atoms with Crippen molar-refractivity contribution in [3.63, 3.8) is 0 Å². The summed E-state index contributed by atoms with van der Waals surface area (Å²) in [5.74, 6) is -2.52. The van der Waals surface area contributed by atoms with Gasteiger partial charge in [-0.2, -0.15) is 0 Å². The lowest BCUT2D eigenvalue weighted by Gasteiger charge is -2.23. The zero-order chi connectivity index (χ0) is 13.2. The van der Waals surface area contributed by atoms with Crippen molar-refractivity contribution < 1.29 is 23.9 Å². The van der Waals surface area contributed by atoms with Gasteiger partial charge in [0, 0.05) is 12.8 Å². The fraction of sp³-hybridized carbons (Fsp3) is 0.750. The number of ketones is 1. The first-order valence-electron chi connectivity index (χ1n) is 5.57. The molecular weight excluding hydrogens is 224 g/mol. The standard InChI is InChI=1S/C12H18O5/c1-12(2,3)17-11(15)9-6-7(13)5-8(9)10(14)16-4/h8-9H,5-6H2,1-4H3/t8-,9-/m1/s1. The van der Waals surface area contributed by atoms with Crippen LogP contribution in [-0.2, 0) is 23.9 Å². The third-order valence-electron chi connectivity index (χ3n) is 2.59. The SMILES string of the molecule is COC(=O)[C@@H]1CC(=O)C[C@H]1C(=O)OC(C)(C)C. The molecule has 0 saturated heterocycles. The van der Waals surface area contributed by atoms with Crippen LogP contribution in [0, 0.1) is 11.8 Å². The van der Waals surface area contributed by atoms with E-state index in [0.717, 1.165) is 0 Å². The smallest absolute Gasteiger partial charge is 0.310 e. The first-order valence-corrected chi connectivity index (χ1v) is 5.57. The fourth-order valence-corrected chi connectivity index (χ4v) is 1.88. The summed E-state index contributed by atoms with van der Waals surface area (Å²) in [4.78, 5) is 34.7. The summed E-state index contributed by atoms with van der Waals surface area (Å²) in [6.07, 6.45) is 0.130. The Balaban J connectivity index is 2.77. The van der Waals surface area contributed by atoms with Crippen LogP contribution < -0.4 is 0 Å². The number of ether oxygens (including phenoxy) is 2. The first kappa shape index (κ1) is 13.7. The largest absolute Gasteiger partial charge is 0.469 e. The van der Waals surface area contributed by atoms with Gasteiger partial charge in [-0.25, -0.2) is 0 Å². The van der Waals surface area contributed by atoms with E-state index in [4.69, 9.17) is 4.74 Å². The molecule has 0 radical (unpaired) electrons. The number of carbonyl (C=O) groups excluding carboxylic acids is 3. The Labute approximate surface area is 100 Å². The van der Waals surface area contributed by atoms with Crippen LogP contribution in [0.3, 0.4) is 0 Å². The van der Waals surface area contributed by atoms with E-state index >= 15 is 0 Å². The number of hydrogen-bond donors (Lipinski definition) is 0. The van der Waals surface area contributed by atoms with Crippen molar-refractivity contribution >= 4 is 17.7 Å². The van der Waals surface area contributed by atoms with Gasteiger partial charge in [0.25, 0.3) is 0 Å². The summed E-state index contributed by atoms with van der Waals surface area (Å²) >= 11 is 0. The Morgan fingerprint density at radius 3 is 2.00 bits per heavy atom. The lowest BCUT2D eigenvalue weighted by Crippen LogP contribution is -2.33. The molecule has 1 fully saturated rings. The molecule has 96 valence electrons. The molecule has 1 aliphatic carbocycles. The molecular formula is C12H18O5. The van der Waals surface area contributed by atoms with E-state index in [1.54, 1.807) is 20.8 Å². The second-order valence-electron chi connectivity index (χ2n) is 5.22. The molecule has 0 amide bonds. The van der Waals surface area contributed by atoms with Crippen LogP contribution in [0.1, 0.15) is 33.6 Å². The summed E-state index contributed by atoms with van der Waals surface area (Å²) in [6, 6.07) is 0. The van der Waals surface area contributed by atoms with Crippen LogP contribution >= 0.6 is 0 Å². The Hall–Kier alpha value is -1.39. The molecule has 0 bridgehead atoms. The average Bonchev–Trinajstić information content (AvgIpc) is 2.56. The van der Waals surface area contributed by atoms with Crippen molar-refractivity contribution in [2.24, 2.45) is 11.8 Å². The van der Waals surface area contributed by atoms with Crippen LogP contribution in [0.4, 0.5) is 0 Å². The van der Waals surface area contributed by atoms with E-state index < -0.39 is 29.4 Å². The topological polar surface area (TPSA) is 69.7 Å². The van der Waals surface area contributed by atoms with Crippen LogP contribution in [0.2, 0.25) is 0 Å². The van der Waals surface area contributed by atoms with E-state index in [1.807, 2.05) is 0 Å². The maximum Gasteiger partial charge on any atom is 0.310 e. The molecule has 0 aliphatic heterocycles. The minimum atomic E-state index is -0.700. The van der Waals surface area contributed by atoms with Crippen molar-refractivity contribution in [1.29, 1.82) is 0 Å². The molecule has 0 aromatic rings. The number of hydrogen-bond acceptors (Lipinski definition) is 5. The van der Waals surface area contributed by atoms with Gasteiger partial charge in [-0.05, 0) is 20.8 Å². The predicted molar refractivity (Wildman–Crippen MR) is 59.1 cm³/mol. The maximum absolute atomic E-state index is 11.9. The average molecular weight is 242 g/mol. The number of rotatable bonds is 2. The molecule has 2 atom stereocenters. The normalized spacial score (nSPS) is 24.6. The molecule has 1 aliphatic rings. The third-order valence-corrected chi connectivity index (χ3v) is 2.59. The second-order valence-corrected chi connectivity index (χ2v) is 5.22. The van der Waals surface area contributed by atoms with Crippen LogP contribution in [0.25, 0.3) is 0 Å². The van der Waals surface area contributed by atoms with E-state index in [1.165, 1.54) is 7.11 Å². The predicted octanol–water partition coefficient (Wildman–Crippen LogP) is 1.10. The Bertz CT molecular complexity index is 339. The van der Waals surface area contributed by atoms with Gasteiger partial charge in [0.1, 0.15) is 11.4 Å². The molecule has 5 nitrogen and oxygen atoms in total. The Morgan fingerprint density at radius 1 is 1.12 bits per heavy atom. The summed E-state index contributed by atoms with van der Waals surface area (Å²) in [7, 11) is 1.25.